The fourth-order valence-corrected chi connectivity index (χ4v) is 2.46. The zero-order valence-corrected chi connectivity index (χ0v) is 17.3. The fraction of sp³-hybridized carbons (Fsp3) is 0.650. The molecule has 1 unspecified atom stereocenters. The summed E-state index contributed by atoms with van der Waals surface area (Å²) in [6.07, 6.45) is 7.21. The van der Waals surface area contributed by atoms with E-state index in [-0.39, 0.29) is 6.04 Å². The van der Waals surface area contributed by atoms with Crippen molar-refractivity contribution >= 4 is 12.1 Å². The van der Waals surface area contributed by atoms with Crippen LogP contribution in [0.2, 0.25) is 0 Å². The van der Waals surface area contributed by atoms with Crippen molar-refractivity contribution in [1.29, 1.82) is 0 Å². The highest BCUT2D eigenvalue weighted by Crippen LogP contribution is 2.07. The molecule has 7 nitrogen and oxygen atoms in total. The molecular weight excluding hydrogens is 342 g/mol. The number of carbonyl (C=O) groups excluding carboxylic acids is 1. The molecule has 0 aromatic carbocycles. The van der Waals surface area contributed by atoms with Crippen LogP contribution in [0.3, 0.4) is 0 Å². The maximum Gasteiger partial charge on any atom is 0.407 e. The molecule has 1 atom stereocenters. The first-order valence-electron chi connectivity index (χ1n) is 9.67. The topological polar surface area (TPSA) is 87.6 Å². The van der Waals surface area contributed by atoms with Crippen molar-refractivity contribution in [3.8, 4) is 0 Å². The maximum absolute atomic E-state index is 11.9. The standard InChI is InChI=1S/C20H35N5O2/c1-6-7-10-17(15-24-19(26)27-20(2,3)4)25-18(21-5)23-13-11-16-9-8-12-22-14-16/h8-9,12,14,17H,6-7,10-11,13,15H2,1-5H3,(H,24,26)(H2,21,23,25). The summed E-state index contributed by atoms with van der Waals surface area (Å²) in [5.41, 5.74) is 0.676. The number of hydrogen-bond donors (Lipinski definition) is 3. The molecule has 1 heterocycles. The predicted octanol–water partition coefficient (Wildman–Crippen LogP) is 2.87. The number of nitrogens with one attached hydrogen (secondary N) is 3. The molecule has 1 aromatic heterocycles. The van der Waals surface area contributed by atoms with E-state index >= 15 is 0 Å². The van der Waals surface area contributed by atoms with E-state index in [4.69, 9.17) is 4.74 Å². The van der Waals surface area contributed by atoms with Gasteiger partial charge in [0.15, 0.2) is 5.96 Å². The Morgan fingerprint density at radius 2 is 2.11 bits per heavy atom. The van der Waals surface area contributed by atoms with Crippen LogP contribution in [0.1, 0.15) is 52.5 Å². The molecule has 1 aromatic rings. The van der Waals surface area contributed by atoms with E-state index < -0.39 is 11.7 Å². The van der Waals surface area contributed by atoms with Gasteiger partial charge in [-0.15, -0.1) is 0 Å². The zero-order chi connectivity index (χ0) is 20.1. The summed E-state index contributed by atoms with van der Waals surface area (Å²) in [6, 6.07) is 4.08. The van der Waals surface area contributed by atoms with E-state index in [1.165, 1.54) is 5.56 Å². The molecule has 1 rings (SSSR count). The molecule has 0 saturated carbocycles. The van der Waals surface area contributed by atoms with Gasteiger partial charge in [-0.25, -0.2) is 4.79 Å². The number of guanidine groups is 1. The number of alkyl carbamates (subject to hydrolysis) is 1. The van der Waals surface area contributed by atoms with Gasteiger partial charge in [0, 0.05) is 38.6 Å². The first kappa shape index (κ1) is 22.7. The normalized spacial score (nSPS) is 13.0. The van der Waals surface area contributed by atoms with Crippen LogP contribution in [0.4, 0.5) is 4.79 Å². The van der Waals surface area contributed by atoms with Crippen molar-refractivity contribution in [3.05, 3.63) is 30.1 Å². The third-order valence-corrected chi connectivity index (χ3v) is 3.79. The Balaban J connectivity index is 2.47. The largest absolute Gasteiger partial charge is 0.444 e. The third kappa shape index (κ3) is 11.1. The lowest BCUT2D eigenvalue weighted by Crippen LogP contribution is -2.49. The van der Waals surface area contributed by atoms with Gasteiger partial charge in [0.05, 0.1) is 0 Å². The van der Waals surface area contributed by atoms with Crippen molar-refractivity contribution in [2.45, 2.75) is 65.0 Å². The van der Waals surface area contributed by atoms with Crippen molar-refractivity contribution in [2.75, 3.05) is 20.1 Å². The molecule has 0 aliphatic carbocycles. The average molecular weight is 378 g/mol. The van der Waals surface area contributed by atoms with Crippen LogP contribution in [0.5, 0.6) is 0 Å². The number of nitrogens with zero attached hydrogens (tertiary/aromatic N) is 2. The molecule has 0 spiro atoms. The van der Waals surface area contributed by atoms with E-state index in [0.29, 0.717) is 6.54 Å². The van der Waals surface area contributed by atoms with Gasteiger partial charge in [-0.3, -0.25) is 9.98 Å². The minimum absolute atomic E-state index is 0.0852. The lowest BCUT2D eigenvalue weighted by molar-refractivity contribution is 0.0523. The van der Waals surface area contributed by atoms with Gasteiger partial charge in [0.25, 0.3) is 0 Å². The van der Waals surface area contributed by atoms with Crippen LogP contribution in [-0.4, -0.2) is 48.8 Å². The molecule has 0 aliphatic heterocycles. The molecule has 0 saturated heterocycles. The van der Waals surface area contributed by atoms with Gasteiger partial charge < -0.3 is 20.7 Å². The number of pyridine rings is 1. The third-order valence-electron chi connectivity index (χ3n) is 3.79. The molecule has 27 heavy (non-hydrogen) atoms. The van der Waals surface area contributed by atoms with Gasteiger partial charge in [0.1, 0.15) is 5.60 Å². The van der Waals surface area contributed by atoms with Crippen LogP contribution in [0.25, 0.3) is 0 Å². The van der Waals surface area contributed by atoms with E-state index in [2.05, 4.69) is 38.9 Å². The van der Waals surface area contributed by atoms with Gasteiger partial charge in [0.2, 0.25) is 0 Å². The van der Waals surface area contributed by atoms with Crippen LogP contribution < -0.4 is 16.0 Å². The Bertz CT molecular complexity index is 569. The lowest BCUT2D eigenvalue weighted by Gasteiger charge is -2.24. The van der Waals surface area contributed by atoms with E-state index in [1.807, 2.05) is 33.0 Å². The minimum atomic E-state index is -0.500. The quantitative estimate of drug-likeness (QED) is 0.455. The van der Waals surface area contributed by atoms with Crippen molar-refractivity contribution < 1.29 is 9.53 Å². The fourth-order valence-electron chi connectivity index (χ4n) is 2.46. The molecule has 7 heteroatoms. The van der Waals surface area contributed by atoms with Crippen molar-refractivity contribution in [3.63, 3.8) is 0 Å². The van der Waals surface area contributed by atoms with Crippen LogP contribution in [0, 0.1) is 0 Å². The predicted molar refractivity (Wildman–Crippen MR) is 110 cm³/mol. The summed E-state index contributed by atoms with van der Waals surface area (Å²) in [4.78, 5) is 20.3. The molecule has 0 fully saturated rings. The number of ether oxygens (including phenoxy) is 1. The first-order valence-corrected chi connectivity index (χ1v) is 9.67. The van der Waals surface area contributed by atoms with Crippen LogP contribution in [-0.2, 0) is 11.2 Å². The molecule has 3 N–H and O–H groups in total. The SMILES string of the molecule is CCCCC(CNC(=O)OC(C)(C)C)NC(=NC)NCCc1cccnc1. The highest BCUT2D eigenvalue weighted by atomic mass is 16.6. The second-order valence-electron chi connectivity index (χ2n) is 7.48. The van der Waals surface area contributed by atoms with E-state index in [9.17, 15) is 4.79 Å². The summed E-state index contributed by atoms with van der Waals surface area (Å²) in [5.74, 6) is 0.728. The highest BCUT2D eigenvalue weighted by molar-refractivity contribution is 5.80. The summed E-state index contributed by atoms with van der Waals surface area (Å²) in [6.45, 7) is 8.96. The molecule has 0 radical (unpaired) electrons. The van der Waals surface area contributed by atoms with Crippen molar-refractivity contribution in [2.24, 2.45) is 4.99 Å². The van der Waals surface area contributed by atoms with E-state index in [1.54, 1.807) is 13.2 Å². The average Bonchev–Trinajstić information content (AvgIpc) is 2.62. The Hall–Kier alpha value is -2.31. The monoisotopic (exact) mass is 377 g/mol. The first-order chi connectivity index (χ1) is 12.8. The van der Waals surface area contributed by atoms with Crippen LogP contribution >= 0.6 is 0 Å². The Labute approximate surface area is 163 Å². The summed E-state index contributed by atoms with van der Waals surface area (Å²) >= 11 is 0. The van der Waals surface area contributed by atoms with E-state index in [0.717, 1.165) is 38.2 Å². The molecule has 0 bridgehead atoms. The number of aromatic nitrogens is 1. The molecule has 0 aliphatic rings. The highest BCUT2D eigenvalue weighted by Gasteiger charge is 2.18. The Morgan fingerprint density at radius 1 is 1.33 bits per heavy atom. The number of amides is 1. The summed E-state index contributed by atoms with van der Waals surface area (Å²) < 4.78 is 5.31. The number of hydrogen-bond acceptors (Lipinski definition) is 4. The second-order valence-corrected chi connectivity index (χ2v) is 7.48. The number of aliphatic imine (C=N–C) groups is 1. The molecule has 152 valence electrons. The van der Waals surface area contributed by atoms with Gasteiger partial charge in [-0.05, 0) is 45.2 Å². The van der Waals surface area contributed by atoms with Gasteiger partial charge in [-0.1, -0.05) is 25.8 Å². The smallest absolute Gasteiger partial charge is 0.407 e. The van der Waals surface area contributed by atoms with Gasteiger partial charge in [-0.2, -0.15) is 0 Å². The molecule has 1 amide bonds. The number of carbonyl (C=O) groups is 1. The minimum Gasteiger partial charge on any atom is -0.444 e. The summed E-state index contributed by atoms with van der Waals surface area (Å²) in [5, 5.41) is 9.56. The number of rotatable bonds is 9. The maximum atomic E-state index is 11.9. The van der Waals surface area contributed by atoms with Crippen molar-refractivity contribution in [1.82, 2.24) is 20.9 Å². The Kier molecular flexibility index (Phi) is 10.2. The summed E-state index contributed by atoms with van der Waals surface area (Å²) in [7, 11) is 1.75. The Morgan fingerprint density at radius 3 is 2.70 bits per heavy atom. The lowest BCUT2D eigenvalue weighted by atomic mass is 10.1. The second kappa shape index (κ2) is 12.1. The van der Waals surface area contributed by atoms with Gasteiger partial charge >= 0.3 is 6.09 Å². The van der Waals surface area contributed by atoms with Crippen LogP contribution in [0.15, 0.2) is 29.5 Å². The number of unbranched alkanes of at least 4 members (excludes halogenated alkanes) is 1. The molecular formula is C20H35N5O2. The zero-order valence-electron chi connectivity index (χ0n) is 17.3.